The van der Waals surface area contributed by atoms with Crippen LogP contribution in [0.25, 0.3) is 38.2 Å². The van der Waals surface area contributed by atoms with E-state index >= 15 is 0 Å². The van der Waals surface area contributed by atoms with Gasteiger partial charge in [0.05, 0.1) is 28.3 Å². The number of benzene rings is 1. The Morgan fingerprint density at radius 1 is 0.762 bits per heavy atom. The van der Waals surface area contributed by atoms with Crippen molar-refractivity contribution in [2.24, 2.45) is 0 Å². The molecule has 0 spiro atoms. The zero-order valence-electron chi connectivity index (χ0n) is 11.2. The molecule has 4 heterocycles. The van der Waals surface area contributed by atoms with Crippen molar-refractivity contribution in [3.63, 3.8) is 0 Å². The molecule has 3 heteroatoms. The van der Waals surface area contributed by atoms with Gasteiger partial charge < -0.3 is 4.40 Å². The van der Waals surface area contributed by atoms with Gasteiger partial charge in [0.15, 0.2) is 0 Å². The van der Waals surface area contributed by atoms with Crippen molar-refractivity contribution in [3.05, 3.63) is 67.1 Å². The Balaban J connectivity index is 2.25. The van der Waals surface area contributed by atoms with Crippen LogP contribution in [0.4, 0.5) is 0 Å². The molecule has 0 unspecified atom stereocenters. The van der Waals surface area contributed by atoms with Gasteiger partial charge in [-0.3, -0.25) is 9.97 Å². The number of para-hydroxylation sites is 1. The first kappa shape index (κ1) is 10.8. The number of hydrogen-bond donors (Lipinski definition) is 0. The van der Waals surface area contributed by atoms with Gasteiger partial charge in [-0.2, -0.15) is 0 Å². The third-order valence-corrected chi connectivity index (χ3v) is 4.08. The van der Waals surface area contributed by atoms with Gasteiger partial charge in [-0.15, -0.1) is 0 Å². The molecule has 0 bridgehead atoms. The fourth-order valence-corrected chi connectivity index (χ4v) is 3.19. The molecular weight excluding hydrogens is 258 g/mol. The van der Waals surface area contributed by atoms with Crippen molar-refractivity contribution in [2.75, 3.05) is 0 Å². The maximum atomic E-state index is 4.60. The van der Waals surface area contributed by atoms with Crippen LogP contribution in [-0.4, -0.2) is 14.4 Å². The van der Waals surface area contributed by atoms with Crippen molar-refractivity contribution in [1.29, 1.82) is 0 Å². The second kappa shape index (κ2) is 3.79. The third kappa shape index (κ3) is 1.32. The zero-order valence-corrected chi connectivity index (χ0v) is 11.2. The van der Waals surface area contributed by atoms with Crippen LogP contribution < -0.4 is 0 Å². The van der Waals surface area contributed by atoms with E-state index in [0.29, 0.717) is 0 Å². The highest BCUT2D eigenvalue weighted by Crippen LogP contribution is 2.32. The minimum atomic E-state index is 1.02. The average molecular weight is 269 g/mol. The molecule has 0 N–H and O–H groups in total. The molecule has 1 aromatic carbocycles. The molecule has 0 fully saturated rings. The predicted molar refractivity (Wildman–Crippen MR) is 85.5 cm³/mol. The molecule has 0 amide bonds. The Morgan fingerprint density at radius 2 is 1.67 bits per heavy atom. The molecule has 0 atom stereocenters. The van der Waals surface area contributed by atoms with E-state index in [9.17, 15) is 0 Å². The van der Waals surface area contributed by atoms with Gasteiger partial charge in [0.1, 0.15) is 0 Å². The molecule has 0 saturated heterocycles. The van der Waals surface area contributed by atoms with Crippen LogP contribution >= 0.6 is 0 Å². The lowest BCUT2D eigenvalue weighted by molar-refractivity contribution is 1.25. The Morgan fingerprint density at radius 3 is 2.67 bits per heavy atom. The Hall–Kier alpha value is -2.94. The molecule has 98 valence electrons. The monoisotopic (exact) mass is 269 g/mol. The molecule has 5 rings (SSSR count). The van der Waals surface area contributed by atoms with Gasteiger partial charge in [0, 0.05) is 28.6 Å². The largest absolute Gasteiger partial charge is 0.313 e. The lowest BCUT2D eigenvalue weighted by Gasteiger charge is -2.10. The van der Waals surface area contributed by atoms with E-state index in [1.807, 2.05) is 24.5 Å². The summed E-state index contributed by atoms with van der Waals surface area (Å²) in [5, 5.41) is 3.56. The number of fused-ring (bicyclic) bond motifs is 8. The van der Waals surface area contributed by atoms with Crippen molar-refractivity contribution in [3.8, 4) is 0 Å². The van der Waals surface area contributed by atoms with Gasteiger partial charge >= 0.3 is 0 Å². The molecular formula is C18H11N3. The van der Waals surface area contributed by atoms with Crippen LogP contribution in [0, 0.1) is 0 Å². The van der Waals surface area contributed by atoms with Gasteiger partial charge in [-0.05, 0) is 24.3 Å². The summed E-state index contributed by atoms with van der Waals surface area (Å²) in [4.78, 5) is 9.20. The number of pyridine rings is 3. The van der Waals surface area contributed by atoms with Crippen LogP contribution in [0.5, 0.6) is 0 Å². The second-order valence-electron chi connectivity index (χ2n) is 5.20. The second-order valence-corrected chi connectivity index (χ2v) is 5.20. The summed E-state index contributed by atoms with van der Waals surface area (Å²) in [6.07, 6.45) is 5.88. The molecule has 0 saturated carbocycles. The summed E-state index contributed by atoms with van der Waals surface area (Å²) in [5.74, 6) is 0. The average Bonchev–Trinajstić information content (AvgIpc) is 3.04. The van der Waals surface area contributed by atoms with Gasteiger partial charge in [-0.1, -0.05) is 24.3 Å². The maximum absolute atomic E-state index is 4.60. The topological polar surface area (TPSA) is 30.2 Å². The summed E-state index contributed by atoms with van der Waals surface area (Å²) in [6.45, 7) is 0. The highest BCUT2D eigenvalue weighted by molar-refractivity contribution is 6.20. The van der Waals surface area contributed by atoms with E-state index in [0.717, 1.165) is 22.1 Å². The molecule has 0 aliphatic carbocycles. The molecule has 0 aliphatic rings. The standard InChI is InChI=1S/C18H11N3/c1-2-7-14-12(5-1)17-13-6-3-9-19-18(13)15-8-4-10-21(15)16(17)11-20-14/h1-11H. The van der Waals surface area contributed by atoms with E-state index in [1.54, 1.807) is 0 Å². The first-order chi connectivity index (χ1) is 10.4. The molecule has 3 nitrogen and oxygen atoms in total. The van der Waals surface area contributed by atoms with Crippen LogP contribution in [0.2, 0.25) is 0 Å². The van der Waals surface area contributed by atoms with Crippen molar-refractivity contribution >= 4 is 38.2 Å². The Bertz CT molecular complexity index is 1140. The summed E-state index contributed by atoms with van der Waals surface area (Å²) < 4.78 is 2.17. The normalized spacial score (nSPS) is 11.8. The van der Waals surface area contributed by atoms with Gasteiger partial charge in [-0.25, -0.2) is 0 Å². The van der Waals surface area contributed by atoms with E-state index in [1.165, 1.54) is 16.2 Å². The molecule has 4 aromatic heterocycles. The Labute approximate surface area is 120 Å². The van der Waals surface area contributed by atoms with Crippen molar-refractivity contribution < 1.29 is 0 Å². The zero-order chi connectivity index (χ0) is 13.8. The number of nitrogens with zero attached hydrogens (tertiary/aromatic N) is 3. The molecule has 0 aliphatic heterocycles. The minimum absolute atomic E-state index is 1.02. The van der Waals surface area contributed by atoms with Crippen LogP contribution in [0.3, 0.4) is 0 Å². The number of hydrogen-bond acceptors (Lipinski definition) is 2. The van der Waals surface area contributed by atoms with Gasteiger partial charge in [0.2, 0.25) is 0 Å². The lowest BCUT2D eigenvalue weighted by Crippen LogP contribution is -1.93. The minimum Gasteiger partial charge on any atom is -0.313 e. The highest BCUT2D eigenvalue weighted by atomic mass is 14.9. The highest BCUT2D eigenvalue weighted by Gasteiger charge is 2.11. The third-order valence-electron chi connectivity index (χ3n) is 4.08. The Kier molecular flexibility index (Phi) is 1.95. The summed E-state index contributed by atoms with van der Waals surface area (Å²) in [7, 11) is 0. The smallest absolute Gasteiger partial charge is 0.0949 e. The first-order valence-corrected chi connectivity index (χ1v) is 6.95. The number of rotatable bonds is 0. The predicted octanol–water partition coefficient (Wildman–Crippen LogP) is 4.19. The van der Waals surface area contributed by atoms with Gasteiger partial charge in [0.25, 0.3) is 0 Å². The van der Waals surface area contributed by atoms with E-state index in [-0.39, 0.29) is 0 Å². The number of aromatic nitrogens is 3. The van der Waals surface area contributed by atoms with E-state index in [2.05, 4.69) is 57.0 Å². The fourth-order valence-electron chi connectivity index (χ4n) is 3.19. The summed E-state index contributed by atoms with van der Waals surface area (Å²) in [6, 6.07) is 16.6. The van der Waals surface area contributed by atoms with Crippen molar-refractivity contribution in [1.82, 2.24) is 14.4 Å². The van der Waals surface area contributed by atoms with Crippen LogP contribution in [0.1, 0.15) is 0 Å². The van der Waals surface area contributed by atoms with Crippen LogP contribution in [0.15, 0.2) is 67.1 Å². The summed E-state index contributed by atoms with van der Waals surface area (Å²) >= 11 is 0. The summed E-state index contributed by atoms with van der Waals surface area (Å²) in [5.41, 5.74) is 4.29. The maximum Gasteiger partial charge on any atom is 0.0949 e. The van der Waals surface area contributed by atoms with E-state index in [4.69, 9.17) is 0 Å². The SMILES string of the molecule is c1ccc2c(c1)ncc1c2c2cccnc2c2cccn21. The lowest BCUT2D eigenvalue weighted by atomic mass is 10.0. The fraction of sp³-hybridized carbons (Fsp3) is 0. The first-order valence-electron chi connectivity index (χ1n) is 6.95. The quantitative estimate of drug-likeness (QED) is 0.395. The van der Waals surface area contributed by atoms with E-state index < -0.39 is 0 Å². The molecule has 5 aromatic rings. The molecule has 0 radical (unpaired) electrons. The van der Waals surface area contributed by atoms with Crippen LogP contribution in [-0.2, 0) is 0 Å². The van der Waals surface area contributed by atoms with Crippen molar-refractivity contribution in [2.45, 2.75) is 0 Å². The molecule has 21 heavy (non-hydrogen) atoms.